The standard InChI is InChI=1S/C24H33N5O3/c1-18-5-6-19(22(14-18)32-21-7-11-31-17-21)15-27-24(25-2)28-16-20-4-3-8-26-23(20)29-9-12-30-13-10-29/h3-6,8,14,21H,7,9-13,15-17H2,1-2H3,(H2,25,27,28). The summed E-state index contributed by atoms with van der Waals surface area (Å²) in [5.74, 6) is 2.65. The van der Waals surface area contributed by atoms with Gasteiger partial charge in [-0.1, -0.05) is 18.2 Å². The van der Waals surface area contributed by atoms with Crippen molar-refractivity contribution in [3.05, 3.63) is 53.2 Å². The number of aromatic nitrogens is 1. The number of ether oxygens (including phenoxy) is 3. The van der Waals surface area contributed by atoms with Gasteiger partial charge < -0.3 is 29.7 Å². The van der Waals surface area contributed by atoms with Crippen molar-refractivity contribution in [2.24, 2.45) is 4.99 Å². The quantitative estimate of drug-likeness (QED) is 0.506. The van der Waals surface area contributed by atoms with Crippen LogP contribution in [0.4, 0.5) is 5.82 Å². The highest BCUT2D eigenvalue weighted by molar-refractivity contribution is 5.79. The first kappa shape index (κ1) is 22.4. The number of nitrogens with one attached hydrogen (secondary N) is 2. The van der Waals surface area contributed by atoms with Crippen LogP contribution in [0.15, 0.2) is 41.5 Å². The lowest BCUT2D eigenvalue weighted by atomic mass is 10.1. The van der Waals surface area contributed by atoms with Gasteiger partial charge in [-0.3, -0.25) is 4.99 Å². The number of nitrogens with zero attached hydrogens (tertiary/aromatic N) is 3. The Balaban J connectivity index is 1.36. The minimum atomic E-state index is 0.122. The fraction of sp³-hybridized carbons (Fsp3) is 0.500. The van der Waals surface area contributed by atoms with Crippen LogP contribution in [0.25, 0.3) is 0 Å². The molecule has 2 fully saturated rings. The van der Waals surface area contributed by atoms with Crippen molar-refractivity contribution in [3.8, 4) is 5.75 Å². The van der Waals surface area contributed by atoms with E-state index in [2.05, 4.69) is 56.7 Å². The maximum atomic E-state index is 6.22. The van der Waals surface area contributed by atoms with Gasteiger partial charge in [0.05, 0.1) is 26.4 Å². The molecular weight excluding hydrogens is 406 g/mol. The second-order valence-corrected chi connectivity index (χ2v) is 8.08. The lowest BCUT2D eigenvalue weighted by Crippen LogP contribution is -2.39. The number of aliphatic imine (C=N–C) groups is 1. The third-order valence-corrected chi connectivity index (χ3v) is 5.70. The molecule has 0 saturated carbocycles. The minimum absolute atomic E-state index is 0.122. The molecule has 172 valence electrons. The summed E-state index contributed by atoms with van der Waals surface area (Å²) in [6.45, 7) is 7.94. The second-order valence-electron chi connectivity index (χ2n) is 8.08. The molecule has 2 aliphatic heterocycles. The van der Waals surface area contributed by atoms with Crippen LogP contribution in [-0.2, 0) is 22.6 Å². The zero-order valence-corrected chi connectivity index (χ0v) is 19.0. The van der Waals surface area contributed by atoms with E-state index in [0.29, 0.717) is 19.7 Å². The number of hydrogen-bond donors (Lipinski definition) is 2. The van der Waals surface area contributed by atoms with E-state index >= 15 is 0 Å². The highest BCUT2D eigenvalue weighted by Crippen LogP contribution is 2.24. The lowest BCUT2D eigenvalue weighted by Gasteiger charge is -2.29. The molecule has 0 amide bonds. The highest BCUT2D eigenvalue weighted by atomic mass is 16.5. The van der Waals surface area contributed by atoms with Gasteiger partial charge in [0.15, 0.2) is 5.96 Å². The predicted molar refractivity (Wildman–Crippen MR) is 125 cm³/mol. The summed E-state index contributed by atoms with van der Waals surface area (Å²) in [6, 6.07) is 10.4. The summed E-state index contributed by atoms with van der Waals surface area (Å²) in [5, 5.41) is 6.83. The Morgan fingerprint density at radius 3 is 2.69 bits per heavy atom. The maximum Gasteiger partial charge on any atom is 0.191 e. The molecule has 32 heavy (non-hydrogen) atoms. The van der Waals surface area contributed by atoms with Crippen LogP contribution in [0.5, 0.6) is 5.75 Å². The Morgan fingerprint density at radius 2 is 1.94 bits per heavy atom. The molecule has 8 heteroatoms. The van der Waals surface area contributed by atoms with E-state index < -0.39 is 0 Å². The second kappa shape index (κ2) is 11.2. The van der Waals surface area contributed by atoms with Gasteiger partial charge in [-0.05, 0) is 24.6 Å². The van der Waals surface area contributed by atoms with Gasteiger partial charge in [-0.2, -0.15) is 0 Å². The topological polar surface area (TPSA) is 80.2 Å². The molecule has 4 rings (SSSR count). The van der Waals surface area contributed by atoms with E-state index in [1.54, 1.807) is 7.05 Å². The van der Waals surface area contributed by atoms with Crippen molar-refractivity contribution in [1.29, 1.82) is 0 Å². The lowest BCUT2D eigenvalue weighted by molar-refractivity contribution is 0.122. The highest BCUT2D eigenvalue weighted by Gasteiger charge is 2.19. The molecule has 3 heterocycles. The molecule has 2 aliphatic rings. The van der Waals surface area contributed by atoms with Gasteiger partial charge in [-0.15, -0.1) is 0 Å². The van der Waals surface area contributed by atoms with Crippen molar-refractivity contribution in [1.82, 2.24) is 15.6 Å². The van der Waals surface area contributed by atoms with Crippen LogP contribution in [0, 0.1) is 6.92 Å². The van der Waals surface area contributed by atoms with Crippen molar-refractivity contribution < 1.29 is 14.2 Å². The molecule has 1 aromatic heterocycles. The van der Waals surface area contributed by atoms with Gasteiger partial charge in [0.1, 0.15) is 17.7 Å². The summed E-state index contributed by atoms with van der Waals surface area (Å²) >= 11 is 0. The van der Waals surface area contributed by atoms with Crippen molar-refractivity contribution in [2.75, 3.05) is 51.5 Å². The van der Waals surface area contributed by atoms with Crippen LogP contribution in [-0.4, -0.2) is 63.6 Å². The monoisotopic (exact) mass is 439 g/mol. The van der Waals surface area contributed by atoms with Crippen molar-refractivity contribution >= 4 is 11.8 Å². The molecule has 0 spiro atoms. The number of rotatable bonds is 7. The maximum absolute atomic E-state index is 6.22. The molecule has 0 aliphatic carbocycles. The molecule has 8 nitrogen and oxygen atoms in total. The van der Waals surface area contributed by atoms with E-state index in [-0.39, 0.29) is 6.10 Å². The third-order valence-electron chi connectivity index (χ3n) is 5.70. The number of pyridine rings is 1. The molecule has 0 radical (unpaired) electrons. The van der Waals surface area contributed by atoms with Gasteiger partial charge >= 0.3 is 0 Å². The zero-order valence-electron chi connectivity index (χ0n) is 19.0. The van der Waals surface area contributed by atoms with Gasteiger partial charge in [-0.25, -0.2) is 4.98 Å². The van der Waals surface area contributed by atoms with Crippen LogP contribution in [0.2, 0.25) is 0 Å². The Bertz CT molecular complexity index is 908. The van der Waals surface area contributed by atoms with Crippen LogP contribution in [0.3, 0.4) is 0 Å². The van der Waals surface area contributed by atoms with E-state index in [1.807, 2.05) is 12.3 Å². The minimum Gasteiger partial charge on any atom is -0.488 e. The molecule has 0 bridgehead atoms. The van der Waals surface area contributed by atoms with Crippen molar-refractivity contribution in [3.63, 3.8) is 0 Å². The molecule has 2 saturated heterocycles. The first-order valence-electron chi connectivity index (χ1n) is 11.3. The number of benzene rings is 1. The summed E-state index contributed by atoms with van der Waals surface area (Å²) in [6.07, 6.45) is 2.90. The average Bonchev–Trinajstić information content (AvgIpc) is 3.34. The first-order chi connectivity index (χ1) is 15.7. The zero-order chi connectivity index (χ0) is 22.2. The Kier molecular flexibility index (Phi) is 7.79. The summed E-state index contributed by atoms with van der Waals surface area (Å²) in [5.41, 5.74) is 3.41. The average molecular weight is 440 g/mol. The van der Waals surface area contributed by atoms with E-state index in [1.165, 1.54) is 5.56 Å². The Hall–Kier alpha value is -2.84. The number of hydrogen-bond acceptors (Lipinski definition) is 6. The first-order valence-corrected chi connectivity index (χ1v) is 11.3. The number of guanidine groups is 1. The molecule has 1 unspecified atom stereocenters. The van der Waals surface area contributed by atoms with Crippen LogP contribution >= 0.6 is 0 Å². The molecule has 1 aromatic carbocycles. The van der Waals surface area contributed by atoms with E-state index in [4.69, 9.17) is 14.2 Å². The third kappa shape index (κ3) is 5.89. The number of anilines is 1. The summed E-state index contributed by atoms with van der Waals surface area (Å²) < 4.78 is 17.2. The van der Waals surface area contributed by atoms with Gasteiger partial charge in [0.2, 0.25) is 0 Å². The van der Waals surface area contributed by atoms with Gasteiger partial charge in [0.25, 0.3) is 0 Å². The summed E-state index contributed by atoms with van der Waals surface area (Å²) in [7, 11) is 1.78. The SMILES string of the molecule is CN=C(NCc1ccc(C)cc1OC1CCOC1)NCc1cccnc1N1CCOCC1. The van der Waals surface area contributed by atoms with E-state index in [0.717, 1.165) is 68.0 Å². The summed E-state index contributed by atoms with van der Waals surface area (Å²) in [4.78, 5) is 11.3. The van der Waals surface area contributed by atoms with E-state index in [9.17, 15) is 0 Å². The molecule has 1 atom stereocenters. The molecular formula is C24H33N5O3. The number of morpholine rings is 1. The molecule has 2 aromatic rings. The molecule has 2 N–H and O–H groups in total. The van der Waals surface area contributed by atoms with Crippen LogP contribution < -0.4 is 20.3 Å². The van der Waals surface area contributed by atoms with Crippen LogP contribution in [0.1, 0.15) is 23.1 Å². The Morgan fingerprint density at radius 1 is 1.12 bits per heavy atom. The fourth-order valence-electron chi connectivity index (χ4n) is 3.91. The van der Waals surface area contributed by atoms with Crippen molar-refractivity contribution in [2.45, 2.75) is 32.5 Å². The number of aryl methyl sites for hydroxylation is 1. The fourth-order valence-corrected chi connectivity index (χ4v) is 3.91. The normalized spacial score (nSPS) is 19.1. The van der Waals surface area contributed by atoms with Gasteiger partial charge in [0, 0.05) is 57.0 Å². The Labute approximate surface area is 190 Å². The smallest absolute Gasteiger partial charge is 0.191 e. The predicted octanol–water partition coefficient (Wildman–Crippen LogP) is 2.26. The largest absolute Gasteiger partial charge is 0.488 e.